The number of amides is 1. The van der Waals surface area contributed by atoms with Crippen molar-refractivity contribution < 1.29 is 27.9 Å². The standard InChI is InChI=1S/C18H26N2O6S/c1-5-10-26-12-15(18(22)23)19-17(21)14-9-8-13(4)16(11-14)27(24,25)20(6-2)7-3/h5,8-9,11,15H,1,6-7,10,12H2,2-4H3,(H,19,21)(H,22,23). The summed E-state index contributed by atoms with van der Waals surface area (Å²) in [5.74, 6) is -1.95. The topological polar surface area (TPSA) is 113 Å². The van der Waals surface area contributed by atoms with E-state index >= 15 is 0 Å². The van der Waals surface area contributed by atoms with Crippen molar-refractivity contribution in [2.75, 3.05) is 26.3 Å². The molecule has 1 aromatic rings. The summed E-state index contributed by atoms with van der Waals surface area (Å²) in [6.45, 7) is 9.08. The van der Waals surface area contributed by atoms with Crippen molar-refractivity contribution in [2.45, 2.75) is 31.7 Å². The van der Waals surface area contributed by atoms with E-state index in [0.29, 0.717) is 18.7 Å². The van der Waals surface area contributed by atoms with Crippen LogP contribution in [0.1, 0.15) is 29.8 Å². The van der Waals surface area contributed by atoms with Gasteiger partial charge in [0.15, 0.2) is 6.04 Å². The molecule has 2 N–H and O–H groups in total. The predicted molar refractivity (Wildman–Crippen MR) is 101 cm³/mol. The van der Waals surface area contributed by atoms with Crippen molar-refractivity contribution in [3.63, 3.8) is 0 Å². The molecule has 8 nitrogen and oxygen atoms in total. The van der Waals surface area contributed by atoms with Gasteiger partial charge in [-0.2, -0.15) is 4.31 Å². The van der Waals surface area contributed by atoms with E-state index in [0.717, 1.165) is 0 Å². The first-order chi connectivity index (χ1) is 12.7. The smallest absolute Gasteiger partial charge is 0.328 e. The van der Waals surface area contributed by atoms with Crippen molar-refractivity contribution >= 4 is 21.9 Å². The SMILES string of the molecule is C=CCOCC(NC(=O)c1ccc(C)c(S(=O)(=O)N(CC)CC)c1)C(=O)O. The second-order valence-electron chi connectivity index (χ2n) is 5.76. The summed E-state index contributed by atoms with van der Waals surface area (Å²) < 4.78 is 31.9. The summed E-state index contributed by atoms with van der Waals surface area (Å²) in [6, 6.07) is 2.98. The zero-order valence-electron chi connectivity index (χ0n) is 15.8. The number of nitrogens with one attached hydrogen (secondary N) is 1. The Morgan fingerprint density at radius 1 is 1.33 bits per heavy atom. The summed E-state index contributed by atoms with van der Waals surface area (Å²) in [5, 5.41) is 11.6. The number of nitrogens with zero attached hydrogens (tertiary/aromatic N) is 1. The number of carbonyl (C=O) groups excluding carboxylic acids is 1. The Kier molecular flexibility index (Phi) is 8.61. The van der Waals surface area contributed by atoms with E-state index in [2.05, 4.69) is 11.9 Å². The Morgan fingerprint density at radius 3 is 2.48 bits per heavy atom. The zero-order chi connectivity index (χ0) is 20.6. The summed E-state index contributed by atoms with van der Waals surface area (Å²) in [6.07, 6.45) is 1.46. The van der Waals surface area contributed by atoms with Crippen LogP contribution in [0.3, 0.4) is 0 Å². The van der Waals surface area contributed by atoms with Gasteiger partial charge in [-0.25, -0.2) is 13.2 Å². The summed E-state index contributed by atoms with van der Waals surface area (Å²) in [7, 11) is -3.75. The lowest BCUT2D eigenvalue weighted by molar-refractivity contribution is -0.140. The molecular weight excluding hydrogens is 372 g/mol. The fraction of sp³-hybridized carbons (Fsp3) is 0.444. The third-order valence-electron chi connectivity index (χ3n) is 3.90. The number of sulfonamides is 1. The third kappa shape index (κ3) is 5.88. The van der Waals surface area contributed by atoms with Crippen molar-refractivity contribution in [2.24, 2.45) is 0 Å². The van der Waals surface area contributed by atoms with Crippen LogP contribution in [0.2, 0.25) is 0 Å². The second-order valence-corrected chi connectivity index (χ2v) is 7.67. The molecule has 9 heteroatoms. The highest BCUT2D eigenvalue weighted by Gasteiger charge is 2.26. The highest BCUT2D eigenvalue weighted by molar-refractivity contribution is 7.89. The predicted octanol–water partition coefficient (Wildman–Crippen LogP) is 1.41. The van der Waals surface area contributed by atoms with Crippen LogP contribution in [-0.2, 0) is 19.6 Å². The van der Waals surface area contributed by atoms with Crippen molar-refractivity contribution in [3.05, 3.63) is 42.0 Å². The summed E-state index contributed by atoms with van der Waals surface area (Å²) in [5.41, 5.74) is 0.559. The summed E-state index contributed by atoms with van der Waals surface area (Å²) >= 11 is 0. The van der Waals surface area contributed by atoms with E-state index in [4.69, 9.17) is 4.74 Å². The van der Waals surface area contributed by atoms with Crippen molar-refractivity contribution in [1.29, 1.82) is 0 Å². The lowest BCUT2D eigenvalue weighted by Gasteiger charge is -2.20. The molecule has 1 rings (SSSR count). The number of carboxylic acids is 1. The maximum atomic E-state index is 12.8. The van der Waals surface area contributed by atoms with Crippen LogP contribution in [-0.4, -0.2) is 62.1 Å². The number of carboxylic acid groups (broad SMARTS) is 1. The largest absolute Gasteiger partial charge is 0.480 e. The van der Waals surface area contributed by atoms with Gasteiger partial charge in [-0.1, -0.05) is 26.0 Å². The molecule has 0 fully saturated rings. The first-order valence-electron chi connectivity index (χ1n) is 8.52. The average Bonchev–Trinajstić information content (AvgIpc) is 2.61. The summed E-state index contributed by atoms with van der Waals surface area (Å²) in [4.78, 5) is 23.7. The Hall–Kier alpha value is -2.23. The molecule has 0 heterocycles. The van der Waals surface area contributed by atoms with Crippen LogP contribution in [0.25, 0.3) is 0 Å². The Morgan fingerprint density at radius 2 is 1.96 bits per heavy atom. The van der Waals surface area contributed by atoms with Crippen molar-refractivity contribution in [1.82, 2.24) is 9.62 Å². The lowest BCUT2D eigenvalue weighted by atomic mass is 10.1. The van der Waals surface area contributed by atoms with E-state index < -0.39 is 27.9 Å². The second kappa shape index (κ2) is 10.2. The highest BCUT2D eigenvalue weighted by atomic mass is 32.2. The Bertz CT molecular complexity index is 787. The number of aryl methyl sites for hydroxylation is 1. The van der Waals surface area contributed by atoms with Gasteiger partial charge in [-0.05, 0) is 24.6 Å². The molecule has 0 aliphatic heterocycles. The van der Waals surface area contributed by atoms with Crippen LogP contribution >= 0.6 is 0 Å². The molecule has 0 radical (unpaired) electrons. The Labute approximate surface area is 159 Å². The maximum Gasteiger partial charge on any atom is 0.328 e. The van der Waals surface area contributed by atoms with Gasteiger partial charge in [0, 0.05) is 18.7 Å². The van der Waals surface area contributed by atoms with Gasteiger partial charge in [0.25, 0.3) is 5.91 Å². The number of benzene rings is 1. The van der Waals surface area contributed by atoms with Crippen LogP contribution in [0.15, 0.2) is 35.7 Å². The number of rotatable bonds is 11. The number of ether oxygens (including phenoxy) is 1. The number of hydrogen-bond donors (Lipinski definition) is 2. The fourth-order valence-electron chi connectivity index (χ4n) is 2.41. The van der Waals surface area contributed by atoms with Gasteiger partial charge in [-0.15, -0.1) is 6.58 Å². The van der Waals surface area contributed by atoms with E-state index in [1.165, 1.54) is 28.6 Å². The van der Waals surface area contributed by atoms with Crippen LogP contribution in [0, 0.1) is 6.92 Å². The average molecular weight is 398 g/mol. The van der Waals surface area contributed by atoms with E-state index in [9.17, 15) is 23.1 Å². The van der Waals surface area contributed by atoms with Crippen molar-refractivity contribution in [3.8, 4) is 0 Å². The molecule has 0 bridgehead atoms. The molecule has 0 aromatic heterocycles. The monoisotopic (exact) mass is 398 g/mol. The first kappa shape index (κ1) is 22.8. The Balaban J connectivity index is 3.12. The quantitative estimate of drug-likeness (QED) is 0.430. The molecule has 0 spiro atoms. The van der Waals surface area contributed by atoms with Gasteiger partial charge in [0.05, 0.1) is 18.1 Å². The fourth-order valence-corrected chi connectivity index (χ4v) is 4.12. The normalized spacial score (nSPS) is 12.6. The number of aliphatic carboxylic acids is 1. The molecule has 1 aromatic carbocycles. The molecule has 27 heavy (non-hydrogen) atoms. The van der Waals surface area contributed by atoms with Gasteiger partial charge < -0.3 is 15.2 Å². The maximum absolute atomic E-state index is 12.8. The van der Waals surface area contributed by atoms with Crippen LogP contribution < -0.4 is 5.32 Å². The number of hydrogen-bond acceptors (Lipinski definition) is 5. The molecule has 1 unspecified atom stereocenters. The van der Waals surface area contributed by atoms with Gasteiger partial charge >= 0.3 is 5.97 Å². The number of carbonyl (C=O) groups is 2. The van der Waals surface area contributed by atoms with E-state index in [-0.39, 0.29) is 23.7 Å². The van der Waals surface area contributed by atoms with Gasteiger partial charge in [0.1, 0.15) is 0 Å². The first-order valence-corrected chi connectivity index (χ1v) is 9.96. The third-order valence-corrected chi connectivity index (χ3v) is 6.09. The lowest BCUT2D eigenvalue weighted by Crippen LogP contribution is -2.44. The molecule has 0 saturated carbocycles. The van der Waals surface area contributed by atoms with Crippen LogP contribution in [0.4, 0.5) is 0 Å². The molecular formula is C18H26N2O6S. The minimum Gasteiger partial charge on any atom is -0.480 e. The molecule has 1 amide bonds. The highest BCUT2D eigenvalue weighted by Crippen LogP contribution is 2.21. The van der Waals surface area contributed by atoms with E-state index in [1.807, 2.05) is 0 Å². The zero-order valence-corrected chi connectivity index (χ0v) is 16.6. The molecule has 0 aliphatic rings. The molecule has 150 valence electrons. The van der Waals surface area contributed by atoms with Gasteiger partial charge in [0.2, 0.25) is 10.0 Å². The minimum absolute atomic E-state index is 0.0219. The van der Waals surface area contributed by atoms with E-state index in [1.54, 1.807) is 20.8 Å². The molecule has 0 saturated heterocycles. The van der Waals surface area contributed by atoms with Gasteiger partial charge in [-0.3, -0.25) is 4.79 Å². The minimum atomic E-state index is -3.75. The molecule has 0 aliphatic carbocycles. The van der Waals surface area contributed by atoms with Crippen LogP contribution in [0.5, 0.6) is 0 Å². The molecule has 1 atom stereocenters.